The summed E-state index contributed by atoms with van der Waals surface area (Å²) in [7, 11) is 0. The normalized spacial score (nSPS) is 11.4. The van der Waals surface area contributed by atoms with Crippen LogP contribution in [0.3, 0.4) is 0 Å². The SMILES string of the molecule is CC(F)(F)c1cc([N+](=O)[O-])ccc1Cl. The highest BCUT2D eigenvalue weighted by atomic mass is 35.5. The van der Waals surface area contributed by atoms with Gasteiger partial charge in [0.15, 0.2) is 0 Å². The zero-order valence-corrected chi connectivity index (χ0v) is 7.89. The number of nitrogens with zero attached hydrogens (tertiary/aromatic N) is 1. The van der Waals surface area contributed by atoms with E-state index in [1.54, 1.807) is 0 Å². The second-order valence-corrected chi connectivity index (χ2v) is 3.22. The van der Waals surface area contributed by atoms with Crippen molar-refractivity contribution in [2.75, 3.05) is 0 Å². The Kier molecular flexibility index (Phi) is 2.71. The van der Waals surface area contributed by atoms with E-state index in [0.29, 0.717) is 6.92 Å². The number of nitro groups is 1. The lowest BCUT2D eigenvalue weighted by molar-refractivity contribution is -0.385. The summed E-state index contributed by atoms with van der Waals surface area (Å²) in [6, 6.07) is 2.95. The van der Waals surface area contributed by atoms with Gasteiger partial charge in [-0.3, -0.25) is 10.1 Å². The van der Waals surface area contributed by atoms with Gasteiger partial charge < -0.3 is 0 Å². The molecule has 0 heterocycles. The fraction of sp³-hybridized carbons (Fsp3) is 0.250. The Balaban J connectivity index is 3.29. The largest absolute Gasteiger partial charge is 0.272 e. The number of nitro benzene ring substituents is 1. The lowest BCUT2D eigenvalue weighted by atomic mass is 10.1. The van der Waals surface area contributed by atoms with Crippen molar-refractivity contribution < 1.29 is 13.7 Å². The molecule has 1 rings (SSSR count). The molecule has 0 aliphatic carbocycles. The maximum atomic E-state index is 12.9. The number of hydrogen-bond donors (Lipinski definition) is 0. The highest BCUT2D eigenvalue weighted by Gasteiger charge is 2.29. The molecule has 0 unspecified atom stereocenters. The Bertz CT molecular complexity index is 376. The van der Waals surface area contributed by atoms with Crippen LogP contribution in [-0.4, -0.2) is 4.92 Å². The van der Waals surface area contributed by atoms with Gasteiger partial charge in [-0.25, -0.2) is 8.78 Å². The summed E-state index contributed by atoms with van der Waals surface area (Å²) in [4.78, 5) is 9.56. The predicted molar refractivity (Wildman–Crippen MR) is 47.7 cm³/mol. The molecule has 0 saturated heterocycles. The molecule has 0 aliphatic rings. The average Bonchev–Trinajstić information content (AvgIpc) is 2.02. The van der Waals surface area contributed by atoms with Gasteiger partial charge >= 0.3 is 0 Å². The minimum atomic E-state index is -3.18. The highest BCUT2D eigenvalue weighted by Crippen LogP contribution is 2.34. The number of non-ortho nitro benzene ring substituents is 1. The molecule has 0 radical (unpaired) electrons. The number of hydrogen-bond acceptors (Lipinski definition) is 2. The van der Waals surface area contributed by atoms with Gasteiger partial charge in [0.1, 0.15) is 0 Å². The Hall–Kier alpha value is -1.23. The van der Waals surface area contributed by atoms with E-state index in [1.165, 1.54) is 0 Å². The summed E-state index contributed by atoms with van der Waals surface area (Å²) in [5.41, 5.74) is -0.931. The van der Waals surface area contributed by atoms with Gasteiger partial charge in [0.25, 0.3) is 11.6 Å². The van der Waals surface area contributed by atoms with Crippen LogP contribution < -0.4 is 0 Å². The molecule has 3 nitrogen and oxygen atoms in total. The minimum absolute atomic E-state index is 0.178. The van der Waals surface area contributed by atoms with Crippen LogP contribution in [0.5, 0.6) is 0 Å². The van der Waals surface area contributed by atoms with Crippen LogP contribution in [0.25, 0.3) is 0 Å². The highest BCUT2D eigenvalue weighted by molar-refractivity contribution is 6.31. The summed E-state index contributed by atoms with van der Waals surface area (Å²) in [6.07, 6.45) is 0. The monoisotopic (exact) mass is 221 g/mol. The summed E-state index contributed by atoms with van der Waals surface area (Å²) in [5.74, 6) is -3.18. The number of rotatable bonds is 2. The first kappa shape index (κ1) is 10.8. The van der Waals surface area contributed by atoms with E-state index < -0.39 is 22.1 Å². The maximum Gasteiger partial charge on any atom is 0.272 e. The molecule has 0 spiro atoms. The van der Waals surface area contributed by atoms with E-state index in [0.717, 1.165) is 18.2 Å². The van der Waals surface area contributed by atoms with Crippen molar-refractivity contribution in [1.29, 1.82) is 0 Å². The van der Waals surface area contributed by atoms with Crippen molar-refractivity contribution in [1.82, 2.24) is 0 Å². The predicted octanol–water partition coefficient (Wildman–Crippen LogP) is 3.36. The molecule has 0 bridgehead atoms. The van der Waals surface area contributed by atoms with E-state index in [9.17, 15) is 18.9 Å². The van der Waals surface area contributed by atoms with E-state index in [-0.39, 0.29) is 5.02 Å². The van der Waals surface area contributed by atoms with E-state index in [4.69, 9.17) is 11.6 Å². The first-order valence-corrected chi connectivity index (χ1v) is 4.02. The quantitative estimate of drug-likeness (QED) is 0.568. The zero-order valence-electron chi connectivity index (χ0n) is 7.13. The topological polar surface area (TPSA) is 43.1 Å². The molecule has 0 aromatic heterocycles. The second kappa shape index (κ2) is 3.49. The third-order valence-corrected chi connectivity index (χ3v) is 1.96. The number of alkyl halides is 2. The molecule has 0 saturated carbocycles. The molecule has 6 heteroatoms. The molecule has 0 aliphatic heterocycles. The Morgan fingerprint density at radius 1 is 1.50 bits per heavy atom. The smallest absolute Gasteiger partial charge is 0.258 e. The Labute approximate surface area is 83.4 Å². The standard InChI is InChI=1S/C8H6ClF2NO2/c1-8(10,11)6-4-5(12(13)14)2-3-7(6)9/h2-4H,1H3. The van der Waals surface area contributed by atoms with Gasteiger partial charge in [0, 0.05) is 24.6 Å². The van der Waals surface area contributed by atoms with Crippen LogP contribution in [0, 0.1) is 10.1 Å². The molecule has 0 N–H and O–H groups in total. The Morgan fingerprint density at radius 2 is 2.07 bits per heavy atom. The lowest BCUT2D eigenvalue weighted by Gasteiger charge is -2.11. The van der Waals surface area contributed by atoms with Gasteiger partial charge in [0.2, 0.25) is 0 Å². The summed E-state index contributed by atoms with van der Waals surface area (Å²) in [6.45, 7) is 0.637. The molecule has 1 aromatic rings. The fourth-order valence-electron chi connectivity index (χ4n) is 0.963. The molecule has 0 amide bonds. The van der Waals surface area contributed by atoms with Gasteiger partial charge in [0.05, 0.1) is 9.95 Å². The van der Waals surface area contributed by atoms with Crippen LogP contribution in [-0.2, 0) is 5.92 Å². The molecule has 0 atom stereocenters. The van der Waals surface area contributed by atoms with Crippen molar-refractivity contribution in [3.05, 3.63) is 38.9 Å². The molecule has 0 fully saturated rings. The molecular formula is C8H6ClF2NO2. The van der Waals surface area contributed by atoms with Crippen LogP contribution >= 0.6 is 11.6 Å². The summed E-state index contributed by atoms with van der Waals surface area (Å²) >= 11 is 5.48. The van der Waals surface area contributed by atoms with Gasteiger partial charge in [-0.15, -0.1) is 0 Å². The van der Waals surface area contributed by atoms with Crippen molar-refractivity contribution in [3.63, 3.8) is 0 Å². The lowest BCUT2D eigenvalue weighted by Crippen LogP contribution is -2.08. The van der Waals surface area contributed by atoms with Crippen molar-refractivity contribution >= 4 is 17.3 Å². The van der Waals surface area contributed by atoms with Crippen LogP contribution in [0.4, 0.5) is 14.5 Å². The van der Waals surface area contributed by atoms with Crippen LogP contribution in [0.2, 0.25) is 5.02 Å². The molecular weight excluding hydrogens is 216 g/mol. The average molecular weight is 222 g/mol. The van der Waals surface area contributed by atoms with E-state index in [2.05, 4.69) is 0 Å². The maximum absolute atomic E-state index is 12.9. The van der Waals surface area contributed by atoms with Crippen LogP contribution in [0.15, 0.2) is 18.2 Å². The third-order valence-electron chi connectivity index (χ3n) is 1.63. The minimum Gasteiger partial charge on any atom is -0.258 e. The van der Waals surface area contributed by atoms with Gasteiger partial charge in [-0.2, -0.15) is 0 Å². The number of benzene rings is 1. The van der Waals surface area contributed by atoms with Crippen molar-refractivity contribution in [2.24, 2.45) is 0 Å². The fourth-order valence-corrected chi connectivity index (χ4v) is 1.25. The third kappa shape index (κ3) is 2.17. The van der Waals surface area contributed by atoms with Crippen molar-refractivity contribution in [3.8, 4) is 0 Å². The Morgan fingerprint density at radius 3 is 2.50 bits per heavy atom. The number of halogens is 3. The second-order valence-electron chi connectivity index (χ2n) is 2.81. The van der Waals surface area contributed by atoms with Gasteiger partial charge in [-0.1, -0.05) is 11.6 Å². The molecule has 14 heavy (non-hydrogen) atoms. The summed E-state index contributed by atoms with van der Waals surface area (Å²) < 4.78 is 25.7. The van der Waals surface area contributed by atoms with E-state index in [1.807, 2.05) is 0 Å². The van der Waals surface area contributed by atoms with E-state index >= 15 is 0 Å². The molecule has 1 aromatic carbocycles. The van der Waals surface area contributed by atoms with Gasteiger partial charge in [-0.05, 0) is 6.07 Å². The van der Waals surface area contributed by atoms with Crippen LogP contribution in [0.1, 0.15) is 12.5 Å². The molecule has 76 valence electrons. The summed E-state index contributed by atoms with van der Waals surface area (Å²) in [5, 5.41) is 10.1. The zero-order chi connectivity index (χ0) is 10.9. The van der Waals surface area contributed by atoms with Crippen molar-refractivity contribution in [2.45, 2.75) is 12.8 Å². The first-order chi connectivity index (χ1) is 6.32. The first-order valence-electron chi connectivity index (χ1n) is 3.64.